The SMILES string of the molecule is O=C(Cc1ccc(CC2CCNC2)cc1)Nc1nnc(-c2ccccc2F)s1. The minimum atomic E-state index is -0.356. The number of amides is 1. The van der Waals surface area contributed by atoms with Gasteiger partial charge in [-0.25, -0.2) is 4.39 Å². The molecule has 1 fully saturated rings. The molecule has 144 valence electrons. The zero-order valence-corrected chi connectivity index (χ0v) is 16.1. The molecule has 28 heavy (non-hydrogen) atoms. The molecule has 2 N–H and O–H groups in total. The molecule has 1 saturated heterocycles. The molecule has 2 heterocycles. The van der Waals surface area contributed by atoms with Gasteiger partial charge >= 0.3 is 0 Å². The summed E-state index contributed by atoms with van der Waals surface area (Å²) in [5, 5.41) is 14.9. The largest absolute Gasteiger partial charge is 0.316 e. The lowest BCUT2D eigenvalue weighted by atomic mass is 9.97. The highest BCUT2D eigenvalue weighted by Crippen LogP contribution is 2.28. The third-order valence-corrected chi connectivity index (χ3v) is 5.72. The van der Waals surface area contributed by atoms with Gasteiger partial charge in [-0.05, 0) is 55.1 Å². The molecule has 0 radical (unpaired) electrons. The molecule has 0 bridgehead atoms. The van der Waals surface area contributed by atoms with Crippen LogP contribution < -0.4 is 10.6 Å². The second kappa shape index (κ2) is 8.58. The Morgan fingerprint density at radius 2 is 1.93 bits per heavy atom. The van der Waals surface area contributed by atoms with Crippen LogP contribution in [0.5, 0.6) is 0 Å². The number of nitrogens with one attached hydrogen (secondary N) is 2. The predicted molar refractivity (Wildman–Crippen MR) is 109 cm³/mol. The van der Waals surface area contributed by atoms with E-state index in [1.54, 1.807) is 18.2 Å². The molecule has 2 aromatic carbocycles. The number of aromatic nitrogens is 2. The van der Waals surface area contributed by atoms with E-state index in [4.69, 9.17) is 0 Å². The van der Waals surface area contributed by atoms with Crippen molar-refractivity contribution in [2.24, 2.45) is 5.92 Å². The lowest BCUT2D eigenvalue weighted by molar-refractivity contribution is -0.115. The molecule has 4 rings (SSSR count). The first kappa shape index (κ1) is 18.7. The summed E-state index contributed by atoms with van der Waals surface area (Å²) in [6.45, 7) is 2.19. The zero-order chi connectivity index (χ0) is 19.3. The number of rotatable bonds is 6. The zero-order valence-electron chi connectivity index (χ0n) is 15.3. The highest BCUT2D eigenvalue weighted by molar-refractivity contribution is 7.18. The Hall–Kier alpha value is -2.64. The first-order valence-electron chi connectivity index (χ1n) is 9.34. The van der Waals surface area contributed by atoms with Crippen LogP contribution in [0.15, 0.2) is 48.5 Å². The Morgan fingerprint density at radius 3 is 2.68 bits per heavy atom. The van der Waals surface area contributed by atoms with Crippen LogP contribution in [0, 0.1) is 11.7 Å². The van der Waals surface area contributed by atoms with Crippen LogP contribution in [-0.4, -0.2) is 29.2 Å². The topological polar surface area (TPSA) is 66.9 Å². The van der Waals surface area contributed by atoms with Crippen molar-refractivity contribution in [1.29, 1.82) is 0 Å². The van der Waals surface area contributed by atoms with E-state index in [0.717, 1.165) is 36.4 Å². The molecule has 1 aliphatic rings. The molecule has 1 aliphatic heterocycles. The van der Waals surface area contributed by atoms with Gasteiger partial charge in [0.05, 0.1) is 6.42 Å². The molecule has 3 aromatic rings. The van der Waals surface area contributed by atoms with Crippen molar-refractivity contribution >= 4 is 22.4 Å². The molecule has 5 nitrogen and oxygen atoms in total. The molecule has 7 heteroatoms. The number of halogens is 1. The van der Waals surface area contributed by atoms with Crippen molar-refractivity contribution in [3.63, 3.8) is 0 Å². The summed E-state index contributed by atoms with van der Waals surface area (Å²) in [5.41, 5.74) is 2.63. The summed E-state index contributed by atoms with van der Waals surface area (Å²) >= 11 is 1.16. The average molecular weight is 396 g/mol. The monoisotopic (exact) mass is 396 g/mol. The third kappa shape index (κ3) is 4.61. The molecule has 0 spiro atoms. The van der Waals surface area contributed by atoms with Gasteiger partial charge < -0.3 is 10.6 Å². The number of hydrogen-bond donors (Lipinski definition) is 2. The summed E-state index contributed by atoms with van der Waals surface area (Å²) < 4.78 is 13.8. The van der Waals surface area contributed by atoms with Gasteiger partial charge in [-0.2, -0.15) is 0 Å². The van der Waals surface area contributed by atoms with E-state index < -0.39 is 0 Å². The number of benzene rings is 2. The predicted octanol–water partition coefficient (Wildman–Crippen LogP) is 3.68. The van der Waals surface area contributed by atoms with Gasteiger partial charge in [0.1, 0.15) is 5.82 Å². The summed E-state index contributed by atoms with van der Waals surface area (Å²) in [7, 11) is 0. The molecule has 1 aromatic heterocycles. The molecule has 0 saturated carbocycles. The minimum Gasteiger partial charge on any atom is -0.316 e. The fraction of sp³-hybridized carbons (Fsp3) is 0.286. The van der Waals surface area contributed by atoms with Gasteiger partial charge in [0, 0.05) is 5.56 Å². The van der Waals surface area contributed by atoms with E-state index in [2.05, 4.69) is 33.0 Å². The van der Waals surface area contributed by atoms with E-state index in [1.807, 2.05) is 12.1 Å². The number of anilines is 1. The van der Waals surface area contributed by atoms with Crippen molar-refractivity contribution < 1.29 is 9.18 Å². The van der Waals surface area contributed by atoms with Crippen LogP contribution in [-0.2, 0) is 17.6 Å². The van der Waals surface area contributed by atoms with Crippen LogP contribution in [0.2, 0.25) is 0 Å². The van der Waals surface area contributed by atoms with E-state index in [1.165, 1.54) is 18.1 Å². The first-order valence-corrected chi connectivity index (χ1v) is 10.2. The Bertz CT molecular complexity index is 951. The van der Waals surface area contributed by atoms with E-state index >= 15 is 0 Å². The van der Waals surface area contributed by atoms with Crippen LogP contribution in [0.3, 0.4) is 0 Å². The Balaban J connectivity index is 1.34. The molecular formula is C21H21FN4OS. The van der Waals surface area contributed by atoms with Crippen LogP contribution in [0.4, 0.5) is 9.52 Å². The molecular weight excluding hydrogens is 375 g/mol. The van der Waals surface area contributed by atoms with Crippen molar-refractivity contribution in [2.75, 3.05) is 18.4 Å². The normalized spacial score (nSPS) is 16.2. The maximum atomic E-state index is 13.8. The molecule has 0 aliphatic carbocycles. The van der Waals surface area contributed by atoms with Gasteiger partial charge in [-0.1, -0.05) is 47.7 Å². The standard InChI is InChI=1S/C21H21FN4OS/c22-18-4-2-1-3-17(18)20-25-26-21(28-20)24-19(27)12-15-7-5-14(6-8-15)11-16-9-10-23-13-16/h1-8,16,23H,9-13H2,(H,24,26,27). The highest BCUT2D eigenvalue weighted by Gasteiger charge is 2.15. The van der Waals surface area contributed by atoms with Gasteiger partial charge in [0.25, 0.3) is 0 Å². The fourth-order valence-electron chi connectivity index (χ4n) is 3.38. The average Bonchev–Trinajstić information content (AvgIpc) is 3.36. The van der Waals surface area contributed by atoms with E-state index in [-0.39, 0.29) is 18.1 Å². The van der Waals surface area contributed by atoms with Crippen LogP contribution >= 0.6 is 11.3 Å². The van der Waals surface area contributed by atoms with Gasteiger partial charge in [-0.3, -0.25) is 4.79 Å². The van der Waals surface area contributed by atoms with Crippen molar-refractivity contribution in [3.05, 3.63) is 65.5 Å². The lowest BCUT2D eigenvalue weighted by Crippen LogP contribution is -2.14. The number of carbonyl (C=O) groups excluding carboxylic acids is 1. The van der Waals surface area contributed by atoms with E-state index in [0.29, 0.717) is 21.6 Å². The third-order valence-electron chi connectivity index (χ3n) is 4.85. The maximum Gasteiger partial charge on any atom is 0.230 e. The highest BCUT2D eigenvalue weighted by atomic mass is 32.1. The smallest absolute Gasteiger partial charge is 0.230 e. The van der Waals surface area contributed by atoms with Crippen molar-refractivity contribution in [2.45, 2.75) is 19.3 Å². The summed E-state index contributed by atoms with van der Waals surface area (Å²) in [5.74, 6) is 0.184. The quantitative estimate of drug-likeness (QED) is 0.667. The second-order valence-corrected chi connectivity index (χ2v) is 7.97. The van der Waals surface area contributed by atoms with Gasteiger partial charge in [-0.15, -0.1) is 10.2 Å². The van der Waals surface area contributed by atoms with Gasteiger partial charge in [0.2, 0.25) is 11.0 Å². The number of nitrogens with zero attached hydrogens (tertiary/aromatic N) is 2. The summed E-state index contributed by atoms with van der Waals surface area (Å²) in [6.07, 6.45) is 2.56. The lowest BCUT2D eigenvalue weighted by Gasteiger charge is -2.09. The van der Waals surface area contributed by atoms with Crippen molar-refractivity contribution in [1.82, 2.24) is 15.5 Å². The van der Waals surface area contributed by atoms with Gasteiger partial charge in [0.15, 0.2) is 5.01 Å². The first-order chi connectivity index (χ1) is 13.7. The molecule has 1 unspecified atom stereocenters. The Kier molecular flexibility index (Phi) is 5.73. The Morgan fingerprint density at radius 1 is 1.14 bits per heavy atom. The molecule has 1 atom stereocenters. The van der Waals surface area contributed by atoms with E-state index in [9.17, 15) is 9.18 Å². The van der Waals surface area contributed by atoms with Crippen LogP contribution in [0.1, 0.15) is 17.5 Å². The van der Waals surface area contributed by atoms with Crippen molar-refractivity contribution in [3.8, 4) is 10.6 Å². The summed E-state index contributed by atoms with van der Waals surface area (Å²) in [6, 6.07) is 14.6. The Labute approximate surface area is 167 Å². The minimum absolute atomic E-state index is 0.163. The maximum absolute atomic E-state index is 13.8. The molecule has 1 amide bonds. The second-order valence-electron chi connectivity index (χ2n) is 7.00. The summed E-state index contributed by atoms with van der Waals surface area (Å²) in [4.78, 5) is 12.3. The number of hydrogen-bond acceptors (Lipinski definition) is 5. The fourth-order valence-corrected chi connectivity index (χ4v) is 4.17. The number of carbonyl (C=O) groups is 1. The van der Waals surface area contributed by atoms with Crippen LogP contribution in [0.25, 0.3) is 10.6 Å².